The van der Waals surface area contributed by atoms with Crippen molar-refractivity contribution >= 4 is 28.4 Å². The maximum absolute atomic E-state index is 13.1. The Bertz CT molecular complexity index is 1080. The van der Waals surface area contributed by atoms with E-state index in [2.05, 4.69) is 18.7 Å². The van der Waals surface area contributed by atoms with Crippen LogP contribution in [0.5, 0.6) is 5.75 Å². The topological polar surface area (TPSA) is 64.4 Å². The second kappa shape index (κ2) is 10.4. The smallest absolute Gasteiger partial charge is 0.262 e. The summed E-state index contributed by atoms with van der Waals surface area (Å²) in [4.78, 5) is 32.9. The molecule has 0 spiro atoms. The minimum atomic E-state index is -0.0694. The van der Waals surface area contributed by atoms with Crippen molar-refractivity contribution in [2.24, 2.45) is 0 Å². The molecule has 0 aliphatic heterocycles. The average molecular weight is 426 g/mol. The molecular formula is C23H27N3O3S. The van der Waals surface area contributed by atoms with Crippen LogP contribution in [0.1, 0.15) is 24.2 Å². The van der Waals surface area contributed by atoms with Crippen molar-refractivity contribution in [3.63, 3.8) is 0 Å². The third-order valence-electron chi connectivity index (χ3n) is 5.10. The van der Waals surface area contributed by atoms with Gasteiger partial charge in [-0.3, -0.25) is 14.2 Å². The fourth-order valence-corrected chi connectivity index (χ4v) is 4.23. The van der Waals surface area contributed by atoms with Gasteiger partial charge in [0.05, 0.1) is 29.3 Å². The summed E-state index contributed by atoms with van der Waals surface area (Å²) in [7, 11) is 1.55. The monoisotopic (exact) mass is 425 g/mol. The van der Waals surface area contributed by atoms with Gasteiger partial charge in [0, 0.05) is 13.1 Å². The molecule has 7 heteroatoms. The fraction of sp³-hybridized carbons (Fsp3) is 0.348. The summed E-state index contributed by atoms with van der Waals surface area (Å²) in [5.74, 6) is 0.666. The first-order valence-electron chi connectivity index (χ1n) is 10.1. The Labute approximate surface area is 180 Å². The van der Waals surface area contributed by atoms with Crippen LogP contribution >= 0.6 is 11.8 Å². The molecule has 0 atom stereocenters. The number of likely N-dealkylation sites (N-methyl/N-ethyl adjacent to an activating group) is 1. The molecule has 0 aliphatic carbocycles. The van der Waals surface area contributed by atoms with Crippen LogP contribution in [0, 0.1) is 0 Å². The lowest BCUT2D eigenvalue weighted by Gasteiger charge is -2.20. The van der Waals surface area contributed by atoms with Crippen molar-refractivity contribution in [1.29, 1.82) is 0 Å². The lowest BCUT2D eigenvalue weighted by molar-refractivity contribution is 0.101. The zero-order valence-electron chi connectivity index (χ0n) is 17.6. The van der Waals surface area contributed by atoms with Gasteiger partial charge < -0.3 is 9.64 Å². The van der Waals surface area contributed by atoms with E-state index in [9.17, 15) is 9.59 Å². The molecule has 6 nitrogen and oxygen atoms in total. The van der Waals surface area contributed by atoms with Gasteiger partial charge >= 0.3 is 0 Å². The normalized spacial score (nSPS) is 11.2. The van der Waals surface area contributed by atoms with Crippen LogP contribution in [-0.4, -0.2) is 52.7 Å². The first-order valence-corrected chi connectivity index (χ1v) is 11.1. The van der Waals surface area contributed by atoms with E-state index in [1.807, 2.05) is 30.3 Å². The van der Waals surface area contributed by atoms with Gasteiger partial charge in [0.25, 0.3) is 5.56 Å². The Morgan fingerprint density at radius 3 is 2.53 bits per heavy atom. The van der Waals surface area contributed by atoms with Crippen LogP contribution in [0.2, 0.25) is 0 Å². The number of methoxy groups -OCH3 is 1. The Hall–Kier alpha value is -2.64. The molecule has 3 rings (SSSR count). The molecule has 0 bridgehead atoms. The van der Waals surface area contributed by atoms with E-state index in [1.54, 1.807) is 29.9 Å². The third kappa shape index (κ3) is 4.91. The highest BCUT2D eigenvalue weighted by Gasteiger charge is 2.16. The molecule has 0 aliphatic rings. The molecule has 0 saturated carbocycles. The number of carbonyl (C=O) groups is 1. The highest BCUT2D eigenvalue weighted by molar-refractivity contribution is 7.99. The number of hydrogen-bond acceptors (Lipinski definition) is 6. The molecule has 1 aromatic heterocycles. The number of benzene rings is 2. The van der Waals surface area contributed by atoms with Crippen LogP contribution in [0.4, 0.5) is 0 Å². The van der Waals surface area contributed by atoms with E-state index in [0.717, 1.165) is 19.6 Å². The highest BCUT2D eigenvalue weighted by Crippen LogP contribution is 2.23. The van der Waals surface area contributed by atoms with E-state index in [4.69, 9.17) is 9.72 Å². The SMILES string of the molecule is CCN(CC)CCn1c(SCC(=O)c2ccccc2OC)nc2ccccc2c1=O. The maximum Gasteiger partial charge on any atom is 0.262 e. The molecule has 0 N–H and O–H groups in total. The van der Waals surface area contributed by atoms with E-state index in [0.29, 0.717) is 33.9 Å². The second-order valence-corrected chi connectivity index (χ2v) is 7.75. The van der Waals surface area contributed by atoms with Gasteiger partial charge in [-0.15, -0.1) is 0 Å². The van der Waals surface area contributed by atoms with Gasteiger partial charge in [0.1, 0.15) is 5.75 Å². The van der Waals surface area contributed by atoms with Gasteiger partial charge in [0.2, 0.25) is 0 Å². The molecule has 1 heterocycles. The summed E-state index contributed by atoms with van der Waals surface area (Å²) in [6.45, 7) is 7.32. The number of Topliss-reactive ketones (excluding diaryl/α,β-unsaturated/α-hetero) is 1. The maximum atomic E-state index is 13.1. The predicted octanol–water partition coefficient (Wildman–Crippen LogP) is 3.72. The molecule has 0 fully saturated rings. The largest absolute Gasteiger partial charge is 0.496 e. The minimum absolute atomic E-state index is 0.0600. The Kier molecular flexibility index (Phi) is 7.65. The van der Waals surface area contributed by atoms with Crippen molar-refractivity contribution in [2.75, 3.05) is 32.5 Å². The van der Waals surface area contributed by atoms with E-state index in [-0.39, 0.29) is 17.1 Å². The molecular weight excluding hydrogens is 398 g/mol. The van der Waals surface area contributed by atoms with Crippen LogP contribution in [0.25, 0.3) is 10.9 Å². The summed E-state index contributed by atoms with van der Waals surface area (Å²) in [6.07, 6.45) is 0. The van der Waals surface area contributed by atoms with Crippen LogP contribution in [-0.2, 0) is 6.54 Å². The first-order chi connectivity index (χ1) is 14.6. The minimum Gasteiger partial charge on any atom is -0.496 e. The molecule has 2 aromatic carbocycles. The quantitative estimate of drug-likeness (QED) is 0.280. The molecule has 30 heavy (non-hydrogen) atoms. The Balaban J connectivity index is 1.90. The van der Waals surface area contributed by atoms with Crippen LogP contribution < -0.4 is 10.3 Å². The number of nitrogens with zero attached hydrogens (tertiary/aromatic N) is 3. The summed E-state index contributed by atoms with van der Waals surface area (Å²) < 4.78 is 7.00. The third-order valence-corrected chi connectivity index (χ3v) is 6.08. The van der Waals surface area contributed by atoms with Crippen LogP contribution in [0.15, 0.2) is 58.5 Å². The number of hydrogen-bond donors (Lipinski definition) is 0. The average Bonchev–Trinajstić information content (AvgIpc) is 2.79. The zero-order chi connectivity index (χ0) is 21.5. The number of carbonyl (C=O) groups excluding carboxylic acids is 1. The fourth-order valence-electron chi connectivity index (χ4n) is 3.32. The zero-order valence-corrected chi connectivity index (χ0v) is 18.4. The molecule has 158 valence electrons. The first kappa shape index (κ1) is 22.1. The van der Waals surface area contributed by atoms with Crippen molar-refractivity contribution in [3.8, 4) is 5.75 Å². The molecule has 0 amide bonds. The standard InChI is InChI=1S/C23H27N3O3S/c1-4-25(5-2)14-15-26-22(28)17-10-6-8-12-19(17)24-23(26)30-16-20(27)18-11-7-9-13-21(18)29-3/h6-13H,4-5,14-16H2,1-3H3. The molecule has 3 aromatic rings. The van der Waals surface area contributed by atoms with Crippen molar-refractivity contribution in [2.45, 2.75) is 25.5 Å². The van der Waals surface area contributed by atoms with E-state index >= 15 is 0 Å². The molecule has 0 unspecified atom stereocenters. The van der Waals surface area contributed by atoms with Gasteiger partial charge in [-0.2, -0.15) is 0 Å². The van der Waals surface area contributed by atoms with Gasteiger partial charge in [-0.05, 0) is 37.4 Å². The van der Waals surface area contributed by atoms with Gasteiger partial charge in [-0.25, -0.2) is 4.98 Å². The lowest BCUT2D eigenvalue weighted by Crippen LogP contribution is -2.32. The number of para-hydroxylation sites is 2. The van der Waals surface area contributed by atoms with Crippen LogP contribution in [0.3, 0.4) is 0 Å². The number of rotatable bonds is 10. The summed E-state index contributed by atoms with van der Waals surface area (Å²) in [5, 5.41) is 1.16. The molecule has 0 radical (unpaired) electrons. The Morgan fingerprint density at radius 2 is 1.80 bits per heavy atom. The van der Waals surface area contributed by atoms with Gasteiger partial charge in [-0.1, -0.05) is 49.9 Å². The number of aromatic nitrogens is 2. The number of ether oxygens (including phenoxy) is 1. The summed E-state index contributed by atoms with van der Waals surface area (Å²) in [5.41, 5.74) is 1.11. The van der Waals surface area contributed by atoms with Crippen molar-refractivity contribution in [3.05, 3.63) is 64.4 Å². The highest BCUT2D eigenvalue weighted by atomic mass is 32.2. The summed E-state index contributed by atoms with van der Waals surface area (Å²) in [6, 6.07) is 14.5. The second-order valence-electron chi connectivity index (χ2n) is 6.81. The number of thioether (sulfide) groups is 1. The predicted molar refractivity (Wildman–Crippen MR) is 122 cm³/mol. The van der Waals surface area contributed by atoms with E-state index < -0.39 is 0 Å². The number of ketones is 1. The van der Waals surface area contributed by atoms with Crippen molar-refractivity contribution < 1.29 is 9.53 Å². The lowest BCUT2D eigenvalue weighted by atomic mass is 10.1. The van der Waals surface area contributed by atoms with Gasteiger partial charge in [0.15, 0.2) is 10.9 Å². The summed E-state index contributed by atoms with van der Waals surface area (Å²) >= 11 is 1.29. The molecule has 0 saturated heterocycles. The number of fused-ring (bicyclic) bond motifs is 1. The van der Waals surface area contributed by atoms with E-state index in [1.165, 1.54) is 11.8 Å². The Morgan fingerprint density at radius 1 is 1.10 bits per heavy atom. The van der Waals surface area contributed by atoms with Crippen molar-refractivity contribution in [1.82, 2.24) is 14.5 Å².